The number of aromatic hydroxyl groups is 1. The van der Waals surface area contributed by atoms with Crippen LogP contribution < -0.4 is 15.5 Å². The largest absolute Gasteiger partial charge is 0.502 e. The molecule has 0 aliphatic heterocycles. The highest BCUT2D eigenvalue weighted by Crippen LogP contribution is 2.34. The van der Waals surface area contributed by atoms with Crippen molar-refractivity contribution in [2.75, 3.05) is 24.3 Å². The molecule has 1 heterocycles. The Morgan fingerprint density at radius 3 is 2.55 bits per heavy atom. The maximum Gasteiger partial charge on any atom is 0.312 e. The van der Waals surface area contributed by atoms with E-state index in [1.807, 2.05) is 43.3 Å². The molecule has 2 aromatic carbocycles. The van der Waals surface area contributed by atoms with Crippen LogP contribution in [0.15, 0.2) is 40.9 Å². The Morgan fingerprint density at radius 1 is 1.15 bits per heavy atom. The van der Waals surface area contributed by atoms with Gasteiger partial charge in [-0.05, 0) is 43.9 Å². The number of nitro groups is 1. The summed E-state index contributed by atoms with van der Waals surface area (Å²) >= 11 is 3.28. The van der Waals surface area contributed by atoms with Crippen molar-refractivity contribution in [3.63, 3.8) is 0 Å². The second-order valence-corrected chi connectivity index (χ2v) is 9.46. The lowest BCUT2D eigenvalue weighted by molar-refractivity contribution is -0.386. The minimum atomic E-state index is -0.572. The number of nitrogens with one attached hydrogen (secondary N) is 2. The molecule has 10 heteroatoms. The third kappa shape index (κ3) is 5.33. The Kier molecular flexibility index (Phi) is 6.94. The summed E-state index contributed by atoms with van der Waals surface area (Å²) in [4.78, 5) is 22.0. The molecule has 1 aliphatic carbocycles. The summed E-state index contributed by atoms with van der Waals surface area (Å²) in [5.41, 5.74) is 1.13. The van der Waals surface area contributed by atoms with Gasteiger partial charge in [0.25, 0.3) is 0 Å². The van der Waals surface area contributed by atoms with E-state index in [2.05, 4.69) is 26.6 Å². The molecule has 3 N–H and O–H groups in total. The fraction of sp³-hybridized carbons (Fsp3) is 0.391. The quantitative estimate of drug-likeness (QED) is 0.309. The summed E-state index contributed by atoms with van der Waals surface area (Å²) in [5, 5.41) is 29.3. The number of halogens is 1. The third-order valence-corrected chi connectivity index (χ3v) is 6.44. The SMILES string of the molecule is CN(C)c1nc(N[C@H]2CC[C@@H](NCc3cc(Br)cc([N+](=O)[O-])c3O)CC2)nc2ccccc12. The van der Waals surface area contributed by atoms with Crippen molar-refractivity contribution in [2.24, 2.45) is 0 Å². The van der Waals surface area contributed by atoms with Crippen LogP contribution in [0.25, 0.3) is 10.9 Å². The van der Waals surface area contributed by atoms with Crippen LogP contribution in [0.3, 0.4) is 0 Å². The third-order valence-electron chi connectivity index (χ3n) is 5.98. The topological polar surface area (TPSA) is 116 Å². The van der Waals surface area contributed by atoms with Gasteiger partial charge < -0.3 is 20.6 Å². The van der Waals surface area contributed by atoms with Gasteiger partial charge in [-0.1, -0.05) is 28.1 Å². The van der Waals surface area contributed by atoms with Crippen LogP contribution in [0.5, 0.6) is 5.75 Å². The Labute approximate surface area is 200 Å². The Balaban J connectivity index is 1.36. The molecule has 4 rings (SSSR count). The van der Waals surface area contributed by atoms with Gasteiger partial charge in [0.2, 0.25) is 5.95 Å². The zero-order valence-electron chi connectivity index (χ0n) is 18.6. The second kappa shape index (κ2) is 9.88. The summed E-state index contributed by atoms with van der Waals surface area (Å²) in [5.74, 6) is 1.25. The number of aromatic nitrogens is 2. The van der Waals surface area contributed by atoms with E-state index in [9.17, 15) is 15.2 Å². The second-order valence-electron chi connectivity index (χ2n) is 8.55. The lowest BCUT2D eigenvalue weighted by Crippen LogP contribution is -2.37. The van der Waals surface area contributed by atoms with Crippen LogP contribution in [0, 0.1) is 10.1 Å². The van der Waals surface area contributed by atoms with Crippen LogP contribution in [0.2, 0.25) is 0 Å². The number of anilines is 2. The van der Waals surface area contributed by atoms with Crippen LogP contribution >= 0.6 is 15.9 Å². The molecule has 1 aliphatic rings. The monoisotopic (exact) mass is 514 g/mol. The average Bonchev–Trinajstić information content (AvgIpc) is 2.79. The van der Waals surface area contributed by atoms with E-state index in [-0.39, 0.29) is 23.5 Å². The summed E-state index contributed by atoms with van der Waals surface area (Å²) in [6, 6.07) is 11.6. The van der Waals surface area contributed by atoms with E-state index in [4.69, 9.17) is 9.97 Å². The molecule has 0 bridgehead atoms. The van der Waals surface area contributed by atoms with Crippen LogP contribution in [-0.2, 0) is 6.54 Å². The molecule has 1 fully saturated rings. The number of nitrogens with zero attached hydrogens (tertiary/aromatic N) is 4. The number of nitro benzene ring substituents is 1. The normalized spacial score (nSPS) is 18.3. The standard InChI is InChI=1S/C23H27BrN6O3/c1-29(2)22-18-5-3-4-6-19(18)27-23(28-22)26-17-9-7-16(8-10-17)25-13-14-11-15(24)12-20(21(14)31)30(32)33/h3-6,11-12,16-17,25,31H,7-10,13H2,1-2H3,(H,26,27,28)/t16-,17+. The first-order valence-corrected chi connectivity index (χ1v) is 11.7. The van der Waals surface area contributed by atoms with Crippen molar-refractivity contribution in [3.05, 3.63) is 56.5 Å². The number of para-hydroxylation sites is 1. The van der Waals surface area contributed by atoms with Gasteiger partial charge in [0.15, 0.2) is 5.75 Å². The van der Waals surface area contributed by atoms with Gasteiger partial charge in [0, 0.05) is 54.2 Å². The minimum Gasteiger partial charge on any atom is -0.502 e. The fourth-order valence-electron chi connectivity index (χ4n) is 4.26. The zero-order chi connectivity index (χ0) is 23.5. The van der Waals surface area contributed by atoms with E-state index < -0.39 is 4.92 Å². The van der Waals surface area contributed by atoms with Crippen molar-refractivity contribution in [1.82, 2.24) is 15.3 Å². The van der Waals surface area contributed by atoms with Gasteiger partial charge in [-0.2, -0.15) is 4.98 Å². The molecule has 1 saturated carbocycles. The molecule has 0 unspecified atom stereocenters. The van der Waals surface area contributed by atoms with Crippen molar-refractivity contribution in [1.29, 1.82) is 0 Å². The predicted octanol–water partition coefficient (Wildman–Crippen LogP) is 4.59. The summed E-state index contributed by atoms with van der Waals surface area (Å²) in [6.07, 6.45) is 3.80. The van der Waals surface area contributed by atoms with E-state index in [1.165, 1.54) is 6.07 Å². The van der Waals surface area contributed by atoms with Crippen LogP contribution in [0.1, 0.15) is 31.2 Å². The van der Waals surface area contributed by atoms with Gasteiger partial charge in [-0.3, -0.25) is 10.1 Å². The number of hydrogen-bond acceptors (Lipinski definition) is 8. The molecule has 174 valence electrons. The molecule has 0 atom stereocenters. The molecule has 1 aromatic heterocycles. The molecule has 0 amide bonds. The maximum absolute atomic E-state index is 11.1. The van der Waals surface area contributed by atoms with E-state index >= 15 is 0 Å². The molecule has 33 heavy (non-hydrogen) atoms. The summed E-state index contributed by atoms with van der Waals surface area (Å²) in [7, 11) is 3.96. The highest BCUT2D eigenvalue weighted by molar-refractivity contribution is 9.10. The highest BCUT2D eigenvalue weighted by Gasteiger charge is 2.24. The molecule has 0 saturated heterocycles. The molecule has 9 nitrogen and oxygen atoms in total. The first kappa shape index (κ1) is 23.2. The Bertz CT molecular complexity index is 1160. The van der Waals surface area contributed by atoms with Gasteiger partial charge in [-0.25, -0.2) is 4.98 Å². The van der Waals surface area contributed by atoms with Gasteiger partial charge in [0.05, 0.1) is 10.4 Å². The molecular weight excluding hydrogens is 488 g/mol. The summed E-state index contributed by atoms with van der Waals surface area (Å²) in [6.45, 7) is 0.370. The number of phenolic OH excluding ortho intramolecular Hbond substituents is 1. The van der Waals surface area contributed by atoms with Gasteiger partial charge >= 0.3 is 5.69 Å². The van der Waals surface area contributed by atoms with Crippen LogP contribution in [0.4, 0.5) is 17.5 Å². The van der Waals surface area contributed by atoms with Gasteiger partial charge in [-0.15, -0.1) is 0 Å². The van der Waals surface area contributed by atoms with E-state index in [1.54, 1.807) is 6.07 Å². The minimum absolute atomic E-state index is 0.273. The first-order chi connectivity index (χ1) is 15.8. The molecular formula is C23H27BrN6O3. The summed E-state index contributed by atoms with van der Waals surface area (Å²) < 4.78 is 0.573. The zero-order valence-corrected chi connectivity index (χ0v) is 20.2. The lowest BCUT2D eigenvalue weighted by atomic mass is 9.91. The van der Waals surface area contributed by atoms with E-state index in [0.29, 0.717) is 22.5 Å². The van der Waals surface area contributed by atoms with Crippen molar-refractivity contribution >= 4 is 44.3 Å². The average molecular weight is 515 g/mol. The molecule has 0 radical (unpaired) electrons. The first-order valence-electron chi connectivity index (χ1n) is 10.9. The molecule has 3 aromatic rings. The van der Waals surface area contributed by atoms with Gasteiger partial charge in [0.1, 0.15) is 5.82 Å². The van der Waals surface area contributed by atoms with Crippen LogP contribution in [-0.4, -0.2) is 46.2 Å². The predicted molar refractivity (Wildman–Crippen MR) is 133 cm³/mol. The highest BCUT2D eigenvalue weighted by atomic mass is 79.9. The Hall–Kier alpha value is -2.98. The molecule has 0 spiro atoms. The van der Waals surface area contributed by atoms with Crippen molar-refractivity contribution < 1.29 is 10.0 Å². The number of benzene rings is 2. The van der Waals surface area contributed by atoms with E-state index in [0.717, 1.165) is 42.4 Å². The maximum atomic E-state index is 11.1. The number of phenols is 1. The number of hydrogen-bond donors (Lipinski definition) is 3. The van der Waals surface area contributed by atoms with Crippen molar-refractivity contribution in [3.8, 4) is 5.75 Å². The lowest BCUT2D eigenvalue weighted by Gasteiger charge is -2.30. The number of fused-ring (bicyclic) bond motifs is 1. The van der Waals surface area contributed by atoms with Crippen molar-refractivity contribution in [2.45, 2.75) is 44.3 Å². The number of rotatable bonds is 7. The fourth-order valence-corrected chi connectivity index (χ4v) is 4.75. The smallest absolute Gasteiger partial charge is 0.312 e. The Morgan fingerprint density at radius 2 is 1.85 bits per heavy atom.